The maximum atomic E-state index is 13.1. The fraction of sp³-hybridized carbons (Fsp3) is 0.500. The highest BCUT2D eigenvalue weighted by molar-refractivity contribution is 7.86. The average molecular weight is 663 g/mol. The molecule has 246 valence electrons. The van der Waals surface area contributed by atoms with Crippen LogP contribution in [0.1, 0.15) is 24.1 Å². The molecule has 2 fully saturated rings. The number of nitrogens with zero attached hydrogens (tertiary/aromatic N) is 3. The number of alkyl halides is 3. The third kappa shape index (κ3) is 8.17. The Labute approximate surface area is 254 Å². The highest BCUT2D eigenvalue weighted by Gasteiger charge is 2.52. The fourth-order valence-electron chi connectivity index (χ4n) is 4.36. The Balaban J connectivity index is 1.45. The standard InChI is InChI=1S/C26H29F3N4O11S/c1-15-2-4-16(5-3-15)45(39,40)44-14-25(42-9-8-41-13-22(36)33-20(34)6-7-21(33)35)24(38)23(37)17(12-43-25)31-19-11-30-10-18(32-19)26(27,28)29/h2-5,10-11,17,23-24,37-38H,6-9,12-14H2,1H3,(H,31,32)/t17-,23+,24+,25-/m0/s1. The summed E-state index contributed by atoms with van der Waals surface area (Å²) in [4.78, 5) is 42.7. The molecule has 0 unspecified atom stereocenters. The first-order valence-electron chi connectivity index (χ1n) is 13.4. The Hall–Kier alpha value is -3.59. The number of anilines is 1. The highest BCUT2D eigenvalue weighted by Crippen LogP contribution is 2.32. The first-order valence-corrected chi connectivity index (χ1v) is 14.8. The lowest BCUT2D eigenvalue weighted by Gasteiger charge is -2.45. The van der Waals surface area contributed by atoms with Gasteiger partial charge >= 0.3 is 6.18 Å². The summed E-state index contributed by atoms with van der Waals surface area (Å²) < 4.78 is 86.4. The van der Waals surface area contributed by atoms with Crippen molar-refractivity contribution >= 4 is 33.7 Å². The lowest BCUT2D eigenvalue weighted by molar-refractivity contribution is -0.332. The van der Waals surface area contributed by atoms with Crippen molar-refractivity contribution in [3.8, 4) is 0 Å². The molecule has 2 aromatic rings. The molecule has 4 rings (SSSR count). The van der Waals surface area contributed by atoms with E-state index in [9.17, 15) is 46.2 Å². The van der Waals surface area contributed by atoms with E-state index in [-0.39, 0.29) is 24.3 Å². The summed E-state index contributed by atoms with van der Waals surface area (Å²) in [6, 6.07) is 4.33. The number of likely N-dealkylation sites (tertiary alicyclic amines) is 1. The molecule has 0 saturated carbocycles. The minimum atomic E-state index is -4.80. The summed E-state index contributed by atoms with van der Waals surface area (Å²) in [6.45, 7) is -1.36. The zero-order chi connectivity index (χ0) is 33.0. The molecule has 0 bridgehead atoms. The first kappa shape index (κ1) is 34.3. The van der Waals surface area contributed by atoms with Crippen LogP contribution in [0.3, 0.4) is 0 Å². The number of amides is 3. The number of aliphatic hydroxyl groups is 2. The van der Waals surface area contributed by atoms with Crippen LogP contribution in [0.5, 0.6) is 0 Å². The van der Waals surface area contributed by atoms with Gasteiger partial charge in [0, 0.05) is 12.8 Å². The number of halogens is 3. The summed E-state index contributed by atoms with van der Waals surface area (Å²) in [5.74, 6) is -4.99. The Morgan fingerprint density at radius 3 is 2.44 bits per heavy atom. The predicted octanol–water partition coefficient (Wildman–Crippen LogP) is 0.147. The van der Waals surface area contributed by atoms with Crippen molar-refractivity contribution in [2.45, 2.75) is 54.9 Å². The topological polar surface area (TPSA) is 204 Å². The van der Waals surface area contributed by atoms with Crippen molar-refractivity contribution in [2.24, 2.45) is 0 Å². The number of carbonyl (C=O) groups is 3. The Bertz CT molecular complexity index is 1490. The number of aryl methyl sites for hydroxylation is 1. The Morgan fingerprint density at radius 1 is 1.13 bits per heavy atom. The normalized spacial score (nSPS) is 24.2. The van der Waals surface area contributed by atoms with E-state index in [1.165, 1.54) is 24.3 Å². The number of rotatable bonds is 12. The lowest BCUT2D eigenvalue weighted by Crippen LogP contribution is -2.65. The van der Waals surface area contributed by atoms with Crippen molar-refractivity contribution in [2.75, 3.05) is 38.4 Å². The summed E-state index contributed by atoms with van der Waals surface area (Å²) in [6.07, 6.45) is -7.46. The molecule has 0 spiro atoms. The van der Waals surface area contributed by atoms with E-state index in [4.69, 9.17) is 18.4 Å². The largest absolute Gasteiger partial charge is 0.434 e. The van der Waals surface area contributed by atoms with Crippen LogP contribution in [0.2, 0.25) is 0 Å². The monoisotopic (exact) mass is 662 g/mol. The third-order valence-electron chi connectivity index (χ3n) is 6.78. The number of aliphatic hydroxyl groups excluding tert-OH is 2. The second-order valence-corrected chi connectivity index (χ2v) is 11.7. The molecule has 4 atom stereocenters. The SMILES string of the molecule is Cc1ccc(S(=O)(=O)OC[C@]2(OCCOCC(=O)N3C(=O)CCC3=O)OC[C@H](Nc3cncc(C(F)(F)F)n3)[C@@H](O)[C@H]2O)cc1. The van der Waals surface area contributed by atoms with Gasteiger partial charge in [-0.1, -0.05) is 17.7 Å². The van der Waals surface area contributed by atoms with Crippen LogP contribution in [0.25, 0.3) is 0 Å². The maximum Gasteiger partial charge on any atom is 0.434 e. The van der Waals surface area contributed by atoms with Gasteiger partial charge in [-0.05, 0) is 19.1 Å². The van der Waals surface area contributed by atoms with Gasteiger partial charge in [-0.3, -0.25) is 23.6 Å². The molecular weight excluding hydrogens is 633 g/mol. The summed E-state index contributed by atoms with van der Waals surface area (Å²) in [5, 5.41) is 24.4. The van der Waals surface area contributed by atoms with Gasteiger partial charge in [-0.25, -0.2) is 9.88 Å². The van der Waals surface area contributed by atoms with Crippen LogP contribution in [0, 0.1) is 6.92 Å². The van der Waals surface area contributed by atoms with Crippen LogP contribution in [0.15, 0.2) is 41.6 Å². The van der Waals surface area contributed by atoms with E-state index < -0.39 is 96.0 Å². The third-order valence-corrected chi connectivity index (χ3v) is 8.05. The van der Waals surface area contributed by atoms with Gasteiger partial charge < -0.3 is 29.7 Å². The molecule has 19 heteroatoms. The molecule has 1 aromatic carbocycles. The number of nitrogens with one attached hydrogen (secondary N) is 1. The van der Waals surface area contributed by atoms with Crippen LogP contribution in [-0.4, -0.2) is 108 Å². The quantitative estimate of drug-likeness (QED) is 0.157. The van der Waals surface area contributed by atoms with E-state index in [0.29, 0.717) is 11.1 Å². The number of ether oxygens (including phenoxy) is 3. The zero-order valence-electron chi connectivity index (χ0n) is 23.6. The smallest absolute Gasteiger partial charge is 0.388 e. The van der Waals surface area contributed by atoms with Gasteiger partial charge in [0.2, 0.25) is 17.6 Å². The lowest BCUT2D eigenvalue weighted by atomic mass is 9.95. The molecule has 3 heterocycles. The van der Waals surface area contributed by atoms with E-state index >= 15 is 0 Å². The zero-order valence-corrected chi connectivity index (χ0v) is 24.4. The van der Waals surface area contributed by atoms with Gasteiger partial charge in [0.15, 0.2) is 5.69 Å². The maximum absolute atomic E-state index is 13.1. The van der Waals surface area contributed by atoms with Crippen molar-refractivity contribution in [1.82, 2.24) is 14.9 Å². The summed E-state index contributed by atoms with van der Waals surface area (Å²) in [5.41, 5.74) is -0.549. The minimum Gasteiger partial charge on any atom is -0.388 e. The number of benzene rings is 1. The minimum absolute atomic E-state index is 0.102. The van der Waals surface area contributed by atoms with Crippen LogP contribution < -0.4 is 5.32 Å². The van der Waals surface area contributed by atoms with Gasteiger partial charge in [0.25, 0.3) is 16.0 Å². The number of aromatic nitrogens is 2. The van der Waals surface area contributed by atoms with Crippen molar-refractivity contribution in [3.05, 3.63) is 47.9 Å². The van der Waals surface area contributed by atoms with Crippen molar-refractivity contribution in [3.63, 3.8) is 0 Å². The van der Waals surface area contributed by atoms with Crippen molar-refractivity contribution < 1.29 is 64.6 Å². The number of imide groups is 3. The van der Waals surface area contributed by atoms with Gasteiger partial charge in [-0.15, -0.1) is 0 Å². The second-order valence-electron chi connectivity index (χ2n) is 10.0. The molecule has 2 aliphatic heterocycles. The molecule has 15 nitrogen and oxygen atoms in total. The van der Waals surface area contributed by atoms with Crippen LogP contribution >= 0.6 is 0 Å². The Kier molecular flexibility index (Phi) is 10.5. The van der Waals surface area contributed by atoms with Gasteiger partial charge in [0.1, 0.15) is 31.2 Å². The van der Waals surface area contributed by atoms with E-state index in [2.05, 4.69) is 15.3 Å². The molecular formula is C26H29F3N4O11S. The summed E-state index contributed by atoms with van der Waals surface area (Å²) >= 11 is 0. The number of hydrogen-bond acceptors (Lipinski definition) is 14. The Morgan fingerprint density at radius 2 is 1.80 bits per heavy atom. The van der Waals surface area contributed by atoms with E-state index in [1.54, 1.807) is 6.92 Å². The van der Waals surface area contributed by atoms with Crippen LogP contribution in [-0.2, 0) is 49.1 Å². The number of hydrogen-bond donors (Lipinski definition) is 3. The molecule has 3 N–H and O–H groups in total. The van der Waals surface area contributed by atoms with Crippen LogP contribution in [0.4, 0.5) is 19.0 Å². The average Bonchev–Trinajstić information content (AvgIpc) is 3.33. The molecule has 0 aliphatic carbocycles. The number of carbonyl (C=O) groups excluding carboxylic acids is 3. The second kappa shape index (κ2) is 13.8. The molecule has 45 heavy (non-hydrogen) atoms. The first-order chi connectivity index (χ1) is 21.1. The fourth-order valence-corrected chi connectivity index (χ4v) is 5.29. The van der Waals surface area contributed by atoms with Gasteiger partial charge in [-0.2, -0.15) is 21.6 Å². The summed E-state index contributed by atoms with van der Waals surface area (Å²) in [7, 11) is -4.44. The van der Waals surface area contributed by atoms with Crippen molar-refractivity contribution in [1.29, 1.82) is 0 Å². The molecule has 0 radical (unpaired) electrons. The highest BCUT2D eigenvalue weighted by atomic mass is 32.2. The molecule has 1 aromatic heterocycles. The van der Waals surface area contributed by atoms with E-state index in [1.807, 2.05) is 0 Å². The predicted molar refractivity (Wildman–Crippen MR) is 142 cm³/mol. The molecule has 2 saturated heterocycles. The molecule has 2 aliphatic rings. The van der Waals surface area contributed by atoms with E-state index in [0.717, 1.165) is 11.8 Å². The molecule has 3 amide bonds. The van der Waals surface area contributed by atoms with Gasteiger partial charge in [0.05, 0.1) is 43.2 Å².